The summed E-state index contributed by atoms with van der Waals surface area (Å²) >= 11 is 0. The minimum absolute atomic E-state index is 0.0139. The molecule has 2 aromatic carbocycles. The van der Waals surface area contributed by atoms with Gasteiger partial charge in [0.15, 0.2) is 12.0 Å². The molecule has 0 bridgehead atoms. The molecule has 0 fully saturated rings. The van der Waals surface area contributed by atoms with Crippen molar-refractivity contribution in [3.05, 3.63) is 59.7 Å². The Kier molecular flexibility index (Phi) is 46.1. The number of guanidine groups is 1. The van der Waals surface area contributed by atoms with Gasteiger partial charge in [0.25, 0.3) is 0 Å². The maximum Gasteiger partial charge on any atom is 0.328 e. The Labute approximate surface area is 718 Å². The topological polar surface area (TPSA) is 817 Å². The minimum Gasteiger partial charge on any atom is -0.508 e. The Balaban J connectivity index is 2.64. The molecule has 0 aromatic heterocycles. The van der Waals surface area contributed by atoms with Crippen LogP contribution in [0.3, 0.4) is 0 Å². The van der Waals surface area contributed by atoms with Gasteiger partial charge >= 0.3 is 17.9 Å². The molecular weight excluding hydrogens is 1650 g/mol. The number of nitrogens with one attached hydrogen (secondary N) is 16. The highest BCUT2D eigenvalue weighted by Crippen LogP contribution is 2.18. The fourth-order valence-corrected chi connectivity index (χ4v) is 11.9. The van der Waals surface area contributed by atoms with E-state index in [4.69, 9.17) is 34.1 Å². The molecule has 0 aliphatic heterocycles. The molecule has 17 amide bonds. The summed E-state index contributed by atoms with van der Waals surface area (Å²) in [6.45, 7) is 11.9. The second-order valence-corrected chi connectivity index (χ2v) is 30.9. The second kappa shape index (κ2) is 53.5. The van der Waals surface area contributed by atoms with E-state index in [1.54, 1.807) is 27.7 Å². The number of phenols is 2. The molecule has 0 saturated heterocycles. The smallest absolute Gasteiger partial charge is 0.328 e. The summed E-state index contributed by atoms with van der Waals surface area (Å²) in [5.74, 6) is -27.1. The monoisotopic (exact) mass is 1770 g/mol. The zero-order valence-corrected chi connectivity index (χ0v) is 70.6. The molecule has 48 heteroatoms. The lowest BCUT2D eigenvalue weighted by Crippen LogP contribution is -2.61. The van der Waals surface area contributed by atoms with Crippen molar-refractivity contribution >= 4 is 124 Å². The molecule has 16 atom stereocenters. The number of carboxylic acids is 3. The summed E-state index contributed by atoms with van der Waals surface area (Å²) in [6, 6.07) is -14.2. The van der Waals surface area contributed by atoms with Crippen LogP contribution in [-0.4, -0.2) is 270 Å². The number of carbonyl (C=O) groups is 20. The SMILES string of the molecule is CC(C)C[C@H](NC(=O)[C@H](Cc1ccc(O)cc1)NC(=O)[C@H](Cc1ccc(O)cc1)NC(=O)[C@H](CCC(N)=O)NC(=O)[C@H](CC(=O)O)NC(=O)[C@H](CCC(=O)O)NC(=O)CNC(=O)[C@H](CCC(N)=O)NC(=O)[C@@H](NC(=O)[C@H](CC(C)C)NC(=O)[C@H](CC(N)=O)NC(=O)[C@H](C)N)[C@@H](C)O)C(=O)N[C@@H](CCCNC(=N)N)C(=O)N[C@H](C(=O)N[C@H](C(=O)O)[C@@H](C)O)C(C)C. The van der Waals surface area contributed by atoms with Crippen molar-refractivity contribution in [3.63, 3.8) is 0 Å². The molecule has 2 rings (SSSR count). The summed E-state index contributed by atoms with van der Waals surface area (Å²) in [7, 11) is 0. The van der Waals surface area contributed by atoms with Crippen LogP contribution in [0.15, 0.2) is 48.5 Å². The zero-order valence-electron chi connectivity index (χ0n) is 70.6. The molecular formula is C77H119N21O27. The number of hydrogen-bond donors (Lipinski definition) is 28. The van der Waals surface area contributed by atoms with E-state index in [1.807, 2.05) is 0 Å². The van der Waals surface area contributed by atoms with Crippen LogP contribution in [-0.2, 0) is 109 Å². The van der Waals surface area contributed by atoms with Crippen molar-refractivity contribution < 1.29 is 132 Å². The van der Waals surface area contributed by atoms with Crippen LogP contribution in [0, 0.1) is 23.2 Å². The summed E-state index contributed by atoms with van der Waals surface area (Å²) in [5, 5.41) is 113. The Morgan fingerprint density at radius 3 is 1.09 bits per heavy atom. The quantitative estimate of drug-likeness (QED) is 0.0166. The van der Waals surface area contributed by atoms with Gasteiger partial charge in [-0.05, 0) is 119 Å². The van der Waals surface area contributed by atoms with E-state index < -0.39 is 304 Å². The van der Waals surface area contributed by atoms with Crippen LogP contribution in [0.25, 0.3) is 0 Å². The lowest BCUT2D eigenvalue weighted by atomic mass is 9.99. The fourth-order valence-electron chi connectivity index (χ4n) is 11.9. The van der Waals surface area contributed by atoms with Crippen molar-refractivity contribution in [2.75, 3.05) is 13.1 Å². The fraction of sp³-hybridized carbons (Fsp3) is 0.571. The number of aromatic hydroxyl groups is 2. The molecule has 2 aromatic rings. The number of hydrogen-bond acceptors (Lipinski definition) is 26. The highest BCUT2D eigenvalue weighted by atomic mass is 16.4. The van der Waals surface area contributed by atoms with Crippen LogP contribution < -0.4 is 108 Å². The molecule has 694 valence electrons. The van der Waals surface area contributed by atoms with E-state index in [0.29, 0.717) is 0 Å². The molecule has 48 nitrogen and oxygen atoms in total. The molecule has 0 unspecified atom stereocenters. The lowest BCUT2D eigenvalue weighted by Gasteiger charge is -2.29. The number of carboxylic acid groups (broad SMARTS) is 3. The van der Waals surface area contributed by atoms with Gasteiger partial charge in [0, 0.05) is 38.6 Å². The van der Waals surface area contributed by atoms with Gasteiger partial charge in [0.05, 0.1) is 37.6 Å². The molecule has 0 aliphatic rings. The van der Waals surface area contributed by atoms with Gasteiger partial charge in [-0.3, -0.25) is 96.5 Å². The van der Waals surface area contributed by atoms with Crippen molar-refractivity contribution in [1.82, 2.24) is 79.8 Å². The highest BCUT2D eigenvalue weighted by Gasteiger charge is 2.40. The Bertz CT molecular complexity index is 4130. The van der Waals surface area contributed by atoms with Gasteiger partial charge in [-0.25, -0.2) is 4.79 Å². The normalized spacial score (nSPS) is 14.9. The molecule has 0 spiro atoms. The van der Waals surface area contributed by atoms with Crippen molar-refractivity contribution in [1.29, 1.82) is 5.41 Å². The molecule has 0 saturated carbocycles. The number of amides is 17. The van der Waals surface area contributed by atoms with Crippen LogP contribution in [0.1, 0.15) is 150 Å². The standard InChI is InChI=1S/C77H119N21O27/c1-34(2)27-48(68(116)87-44(11-10-26-84-77(82)83)67(115)96-60(36(5)6)74(122)98-62(39(9)100)76(124)125)91-69(117)51(30-41-14-18-43(102)19-15-41)94-70(118)50(29-40-12-16-42(101)17-13-40)93-66(114)47(21-24-55(80)104)88-72(120)53(32-59(109)110)95-65(113)46(22-25-58(107)108)86-57(106)33-85-64(112)45(20-23-54(79)103)89-75(123)61(38(8)99)97-73(121)49(28-35(3)4)92-71(119)52(31-56(81)105)90-63(111)37(7)78/h12-19,34-39,44-53,60-62,99-102H,10-11,20-33,78H2,1-9H3,(H2,79,103)(H2,80,104)(H2,81,105)(H,85,112)(H,86,106)(H,87,116)(H,88,120)(H,89,123)(H,90,111)(H,91,117)(H,92,119)(H,93,114)(H,94,118)(H,95,113)(H,96,115)(H,97,121)(H,98,122)(H,107,108)(H,109,110)(H,124,125)(H4,82,83,84)/t37-,38+,39+,44-,45-,46-,47-,48-,49-,50-,51-,52-,53-,60-,61-,62-/m0/s1. The number of nitrogens with two attached hydrogens (primary N) is 5. The first-order valence-corrected chi connectivity index (χ1v) is 39.8. The Morgan fingerprint density at radius 1 is 0.352 bits per heavy atom. The summed E-state index contributed by atoms with van der Waals surface area (Å²) in [4.78, 5) is 269. The molecule has 0 radical (unpaired) electrons. The number of rotatable bonds is 57. The first-order chi connectivity index (χ1) is 58.3. The van der Waals surface area contributed by atoms with Crippen molar-refractivity contribution in [3.8, 4) is 11.5 Å². The largest absolute Gasteiger partial charge is 0.508 e. The third kappa shape index (κ3) is 41.3. The van der Waals surface area contributed by atoms with Crippen LogP contribution in [0.4, 0.5) is 0 Å². The van der Waals surface area contributed by atoms with Gasteiger partial charge in [-0.15, -0.1) is 0 Å². The van der Waals surface area contributed by atoms with Gasteiger partial charge in [0.1, 0.15) is 84.0 Å². The summed E-state index contributed by atoms with van der Waals surface area (Å²) in [5.41, 5.74) is 27.7. The van der Waals surface area contributed by atoms with Crippen molar-refractivity contribution in [2.24, 2.45) is 46.4 Å². The van der Waals surface area contributed by atoms with E-state index >= 15 is 4.79 Å². The van der Waals surface area contributed by atoms with E-state index in [0.717, 1.165) is 13.8 Å². The first-order valence-electron chi connectivity index (χ1n) is 39.8. The Morgan fingerprint density at radius 2 is 0.688 bits per heavy atom. The third-order valence-electron chi connectivity index (χ3n) is 18.5. The molecule has 125 heavy (non-hydrogen) atoms. The van der Waals surface area contributed by atoms with Gasteiger partial charge in [0.2, 0.25) is 100 Å². The van der Waals surface area contributed by atoms with Crippen LogP contribution in [0.5, 0.6) is 11.5 Å². The summed E-state index contributed by atoms with van der Waals surface area (Å²) in [6.07, 6.45) is -11.4. The minimum atomic E-state index is -2.28. The number of benzene rings is 2. The zero-order chi connectivity index (χ0) is 95.0. The van der Waals surface area contributed by atoms with Crippen LogP contribution >= 0.6 is 0 Å². The third-order valence-corrected chi connectivity index (χ3v) is 18.5. The second-order valence-electron chi connectivity index (χ2n) is 30.9. The number of aliphatic hydroxyl groups excluding tert-OH is 2. The van der Waals surface area contributed by atoms with E-state index in [2.05, 4.69) is 79.8 Å². The van der Waals surface area contributed by atoms with Gasteiger partial charge in [-0.1, -0.05) is 65.8 Å². The van der Waals surface area contributed by atoms with Crippen LogP contribution in [0.2, 0.25) is 0 Å². The summed E-state index contributed by atoms with van der Waals surface area (Å²) < 4.78 is 0. The first kappa shape index (κ1) is 108. The van der Waals surface area contributed by atoms with E-state index in [1.165, 1.54) is 69.3 Å². The van der Waals surface area contributed by atoms with E-state index in [9.17, 15) is 127 Å². The average molecular weight is 1770 g/mol. The molecule has 0 heterocycles. The maximum atomic E-state index is 15.0. The number of aliphatic hydroxyl groups is 2. The average Bonchev–Trinajstić information content (AvgIpc) is 0.852. The Hall–Kier alpha value is -13.4. The molecule has 33 N–H and O–H groups in total. The van der Waals surface area contributed by atoms with Gasteiger partial charge < -0.3 is 144 Å². The highest BCUT2D eigenvalue weighted by molar-refractivity contribution is 6.02. The number of phenolic OH excluding ortho intramolecular Hbond substituents is 2. The van der Waals surface area contributed by atoms with Crippen molar-refractivity contribution in [2.45, 2.75) is 249 Å². The number of carbonyl (C=O) groups excluding carboxylic acids is 17. The predicted molar refractivity (Wildman–Crippen MR) is 439 cm³/mol. The predicted octanol–water partition coefficient (Wildman–Crippen LogP) is -8.75. The maximum absolute atomic E-state index is 15.0. The number of primary amides is 3. The van der Waals surface area contributed by atoms with E-state index in [-0.39, 0.29) is 60.8 Å². The van der Waals surface area contributed by atoms with Gasteiger partial charge in [-0.2, -0.15) is 0 Å². The lowest BCUT2D eigenvalue weighted by molar-refractivity contribution is -0.145. The molecule has 0 aliphatic carbocycles. The number of aliphatic carboxylic acids is 3.